The van der Waals surface area contributed by atoms with Crippen LogP contribution in [-0.4, -0.2) is 67.7 Å². The van der Waals surface area contributed by atoms with Crippen molar-refractivity contribution in [1.82, 2.24) is 35.0 Å². The summed E-state index contributed by atoms with van der Waals surface area (Å²) in [6.07, 6.45) is 1.84. The molecule has 2 aromatic heterocycles. The van der Waals surface area contributed by atoms with Crippen molar-refractivity contribution in [3.8, 4) is 0 Å². The Kier molecular flexibility index (Phi) is 5.12. The van der Waals surface area contributed by atoms with E-state index in [1.54, 1.807) is 0 Å². The minimum Gasteiger partial charge on any atom is -0.301 e. The van der Waals surface area contributed by atoms with Crippen LogP contribution in [0.25, 0.3) is 10.9 Å². The Morgan fingerprint density at radius 1 is 1.07 bits per heavy atom. The van der Waals surface area contributed by atoms with Gasteiger partial charge in [-0.2, -0.15) is 0 Å². The van der Waals surface area contributed by atoms with Crippen LogP contribution >= 0.6 is 0 Å². The molecule has 0 saturated carbocycles. The van der Waals surface area contributed by atoms with Gasteiger partial charge in [0.1, 0.15) is 0 Å². The Morgan fingerprint density at radius 3 is 2.57 bits per heavy atom. The molecule has 0 amide bonds. The van der Waals surface area contributed by atoms with Crippen molar-refractivity contribution in [1.29, 1.82) is 0 Å². The predicted octanol–water partition coefficient (Wildman–Crippen LogP) is 2.70. The number of hydrogen-bond acceptors (Lipinski definition) is 6. The number of nitrogens with zero attached hydrogens (tertiary/aromatic N) is 7. The van der Waals surface area contributed by atoms with E-state index in [4.69, 9.17) is 0 Å². The number of piperazine rings is 1. The molecule has 1 fully saturated rings. The monoisotopic (exact) mass is 379 g/mol. The lowest BCUT2D eigenvalue weighted by Crippen LogP contribution is -2.48. The van der Waals surface area contributed by atoms with Gasteiger partial charge < -0.3 is 4.90 Å². The Balaban J connectivity index is 1.78. The van der Waals surface area contributed by atoms with Gasteiger partial charge in [-0.3, -0.25) is 9.88 Å². The smallest absolute Gasteiger partial charge is 0.173 e. The van der Waals surface area contributed by atoms with Crippen LogP contribution in [0, 0.1) is 0 Å². The summed E-state index contributed by atoms with van der Waals surface area (Å²) < 4.78 is 1.97. The van der Waals surface area contributed by atoms with Crippen LogP contribution in [0.1, 0.15) is 45.1 Å². The average Bonchev–Trinajstić information content (AvgIpc) is 3.18. The first-order chi connectivity index (χ1) is 13.5. The number of fused-ring (bicyclic) bond motifs is 1. The van der Waals surface area contributed by atoms with Crippen LogP contribution in [-0.2, 0) is 5.54 Å². The van der Waals surface area contributed by atoms with Gasteiger partial charge in [-0.15, -0.1) is 5.10 Å². The number of aromatic nitrogens is 5. The number of pyridine rings is 1. The lowest BCUT2D eigenvalue weighted by Gasteiger charge is -2.39. The molecule has 0 aliphatic carbocycles. The zero-order chi connectivity index (χ0) is 19.7. The fraction of sp³-hybridized carbons (Fsp3) is 0.524. The molecule has 4 rings (SSSR count). The molecule has 0 bridgehead atoms. The first kappa shape index (κ1) is 19.0. The van der Waals surface area contributed by atoms with Gasteiger partial charge in [0, 0.05) is 37.8 Å². The zero-order valence-electron chi connectivity index (χ0n) is 17.2. The van der Waals surface area contributed by atoms with Crippen LogP contribution in [0.4, 0.5) is 0 Å². The van der Waals surface area contributed by atoms with Gasteiger partial charge in [-0.25, -0.2) is 4.68 Å². The molecule has 1 unspecified atom stereocenters. The van der Waals surface area contributed by atoms with Crippen molar-refractivity contribution in [3.63, 3.8) is 0 Å². The molecule has 3 aromatic rings. The summed E-state index contributed by atoms with van der Waals surface area (Å²) in [5.74, 6) is 0.903. The van der Waals surface area contributed by atoms with E-state index in [0.29, 0.717) is 0 Å². The van der Waals surface area contributed by atoms with Gasteiger partial charge in [-0.05, 0) is 61.5 Å². The Hall–Kier alpha value is -2.38. The van der Waals surface area contributed by atoms with E-state index >= 15 is 0 Å². The number of rotatable bonds is 4. The lowest BCUT2D eigenvalue weighted by atomic mass is 9.99. The fourth-order valence-corrected chi connectivity index (χ4v) is 3.97. The number of likely N-dealkylation sites (N-methyl/N-ethyl adjacent to an activating group) is 1. The summed E-state index contributed by atoms with van der Waals surface area (Å²) in [6, 6.07) is 10.6. The third kappa shape index (κ3) is 3.64. The molecule has 1 saturated heterocycles. The molecule has 0 spiro atoms. The second-order valence-electron chi connectivity index (χ2n) is 8.45. The second-order valence-corrected chi connectivity index (χ2v) is 8.45. The molecule has 1 aromatic carbocycles. The van der Waals surface area contributed by atoms with Gasteiger partial charge in [0.2, 0.25) is 0 Å². The molecule has 1 aliphatic heterocycles. The molecule has 1 aliphatic rings. The van der Waals surface area contributed by atoms with Gasteiger partial charge in [0.05, 0.1) is 17.1 Å². The molecule has 1 atom stereocenters. The Labute approximate surface area is 166 Å². The average molecular weight is 380 g/mol. The molecule has 0 radical (unpaired) electrons. The van der Waals surface area contributed by atoms with Gasteiger partial charge in [-0.1, -0.05) is 19.1 Å². The zero-order valence-corrected chi connectivity index (χ0v) is 17.2. The summed E-state index contributed by atoms with van der Waals surface area (Å²) in [5.41, 5.74) is 2.04. The minimum absolute atomic E-state index is 0.0258. The molecule has 28 heavy (non-hydrogen) atoms. The first-order valence-corrected chi connectivity index (χ1v) is 10.1. The number of tetrazole rings is 1. The molecule has 3 heterocycles. The third-order valence-electron chi connectivity index (χ3n) is 5.54. The van der Waals surface area contributed by atoms with Crippen molar-refractivity contribution >= 4 is 10.9 Å². The normalized spacial score (nSPS) is 17.9. The van der Waals surface area contributed by atoms with E-state index in [0.717, 1.165) is 49.5 Å². The van der Waals surface area contributed by atoms with E-state index in [9.17, 15) is 0 Å². The number of benzene rings is 1. The van der Waals surface area contributed by atoms with Crippen molar-refractivity contribution in [2.75, 3.05) is 32.7 Å². The van der Waals surface area contributed by atoms with Crippen molar-refractivity contribution in [2.45, 2.75) is 39.3 Å². The predicted molar refractivity (Wildman–Crippen MR) is 110 cm³/mol. The minimum atomic E-state index is -0.180. The first-order valence-electron chi connectivity index (χ1n) is 10.1. The van der Waals surface area contributed by atoms with E-state index < -0.39 is 0 Å². The van der Waals surface area contributed by atoms with Gasteiger partial charge in [0.15, 0.2) is 5.82 Å². The molecule has 148 valence electrons. The van der Waals surface area contributed by atoms with E-state index in [1.165, 1.54) is 5.56 Å². The SMILES string of the molecule is CCN1CCN(C(c2ccc3ncccc3c2)c2nnnn2C(C)(C)C)CC1. The Bertz CT molecular complexity index is 935. The maximum atomic E-state index is 4.48. The van der Waals surface area contributed by atoms with Crippen LogP contribution < -0.4 is 0 Å². The largest absolute Gasteiger partial charge is 0.301 e. The molecular weight excluding hydrogens is 350 g/mol. The van der Waals surface area contributed by atoms with E-state index in [1.807, 2.05) is 16.9 Å². The second kappa shape index (κ2) is 7.56. The highest BCUT2D eigenvalue weighted by Gasteiger charge is 2.33. The van der Waals surface area contributed by atoms with Crippen molar-refractivity contribution in [3.05, 3.63) is 47.9 Å². The van der Waals surface area contributed by atoms with Gasteiger partial charge >= 0.3 is 0 Å². The van der Waals surface area contributed by atoms with E-state index in [-0.39, 0.29) is 11.6 Å². The quantitative estimate of drug-likeness (QED) is 0.695. The summed E-state index contributed by atoms with van der Waals surface area (Å²) in [4.78, 5) is 9.47. The molecule has 0 N–H and O–H groups in total. The maximum absolute atomic E-state index is 4.48. The summed E-state index contributed by atoms with van der Waals surface area (Å²) in [5, 5.41) is 14.0. The molecule has 7 nitrogen and oxygen atoms in total. The fourth-order valence-electron chi connectivity index (χ4n) is 3.97. The molecule has 7 heteroatoms. The van der Waals surface area contributed by atoms with Crippen LogP contribution in [0.5, 0.6) is 0 Å². The highest BCUT2D eigenvalue weighted by Crippen LogP contribution is 2.31. The summed E-state index contributed by atoms with van der Waals surface area (Å²) in [7, 11) is 0. The standard InChI is InChI=1S/C21H29N7/c1-5-26-11-13-27(14-12-26)19(20-23-24-25-28(20)21(2,3)4)17-8-9-18-16(15-17)7-6-10-22-18/h6-10,15,19H,5,11-14H2,1-4H3. The van der Waals surface area contributed by atoms with Crippen LogP contribution in [0.3, 0.4) is 0 Å². The Morgan fingerprint density at radius 2 is 1.86 bits per heavy atom. The van der Waals surface area contributed by atoms with Crippen molar-refractivity contribution in [2.24, 2.45) is 0 Å². The number of hydrogen-bond donors (Lipinski definition) is 0. The van der Waals surface area contributed by atoms with Gasteiger partial charge in [0.25, 0.3) is 0 Å². The van der Waals surface area contributed by atoms with Crippen molar-refractivity contribution < 1.29 is 0 Å². The summed E-state index contributed by atoms with van der Waals surface area (Å²) >= 11 is 0. The third-order valence-corrected chi connectivity index (χ3v) is 5.54. The maximum Gasteiger partial charge on any atom is 0.173 e. The topological polar surface area (TPSA) is 63.0 Å². The van der Waals surface area contributed by atoms with Crippen LogP contribution in [0.15, 0.2) is 36.5 Å². The lowest BCUT2D eigenvalue weighted by molar-refractivity contribution is 0.106. The van der Waals surface area contributed by atoms with Crippen LogP contribution in [0.2, 0.25) is 0 Å². The summed E-state index contributed by atoms with van der Waals surface area (Å²) in [6.45, 7) is 13.9. The van der Waals surface area contributed by atoms with E-state index in [2.05, 4.69) is 82.3 Å². The molecular formula is C21H29N7. The highest BCUT2D eigenvalue weighted by atomic mass is 15.6. The highest BCUT2D eigenvalue weighted by molar-refractivity contribution is 5.79.